The molecule has 0 rings (SSSR count). The first-order valence-electron chi connectivity index (χ1n) is 22.6. The third kappa shape index (κ3) is 43.2. The molecule has 0 fully saturated rings. The topological polar surface area (TPSA) is 26.3 Å². The van der Waals surface area contributed by atoms with Gasteiger partial charge in [-0.15, -0.1) is 0 Å². The van der Waals surface area contributed by atoms with Crippen LogP contribution in [-0.2, 0) is 9.53 Å². The molecule has 0 saturated carbocycles. The van der Waals surface area contributed by atoms with Crippen LogP contribution in [0.4, 0.5) is 0 Å². The number of unbranched alkanes of at least 4 members (excludes halogenated alkanes) is 36. The monoisotopic (exact) mass is 675 g/mol. The predicted molar refractivity (Wildman–Crippen MR) is 216 cm³/mol. The van der Waals surface area contributed by atoms with Gasteiger partial charge in [0.15, 0.2) is 0 Å². The van der Waals surface area contributed by atoms with Crippen LogP contribution in [0.1, 0.15) is 271 Å². The first-order chi connectivity index (χ1) is 23.8. The Morgan fingerprint density at radius 1 is 0.333 bits per heavy atom. The van der Waals surface area contributed by atoms with E-state index in [0.717, 1.165) is 12.8 Å². The molecule has 0 heterocycles. The fourth-order valence-electron chi connectivity index (χ4n) is 7.02. The maximum atomic E-state index is 12.0. The molecule has 0 radical (unpaired) electrons. The maximum absolute atomic E-state index is 12.0. The fraction of sp³-hybridized carbons (Fsp3) is 0.935. The third-order valence-electron chi connectivity index (χ3n) is 10.4. The summed E-state index contributed by atoms with van der Waals surface area (Å²) in [6.07, 6.45) is 59.0. The molecule has 0 aromatic carbocycles. The molecule has 0 N–H and O–H groups in total. The lowest BCUT2D eigenvalue weighted by Gasteiger charge is -2.06. The number of rotatable bonds is 42. The largest absolute Gasteiger partial charge is 0.466 e. The minimum Gasteiger partial charge on any atom is -0.466 e. The van der Waals surface area contributed by atoms with Crippen molar-refractivity contribution in [2.45, 2.75) is 271 Å². The van der Waals surface area contributed by atoms with E-state index in [9.17, 15) is 4.79 Å². The number of ether oxygens (including phenoxy) is 1. The van der Waals surface area contributed by atoms with Crippen LogP contribution in [0.5, 0.6) is 0 Å². The summed E-state index contributed by atoms with van der Waals surface area (Å²) in [7, 11) is 0. The Balaban J connectivity index is 3.15. The van der Waals surface area contributed by atoms with Crippen molar-refractivity contribution in [3.8, 4) is 0 Å². The van der Waals surface area contributed by atoms with Gasteiger partial charge in [-0.1, -0.05) is 238 Å². The zero-order valence-corrected chi connectivity index (χ0v) is 33.5. The number of esters is 1. The summed E-state index contributed by atoms with van der Waals surface area (Å²) >= 11 is 0. The minimum atomic E-state index is 0.0241. The first kappa shape index (κ1) is 47.2. The van der Waals surface area contributed by atoms with Crippen molar-refractivity contribution in [2.24, 2.45) is 0 Å². The smallest absolute Gasteiger partial charge is 0.305 e. The molecular formula is C46H90O2. The van der Waals surface area contributed by atoms with E-state index in [1.54, 1.807) is 0 Å². The van der Waals surface area contributed by atoms with Crippen molar-refractivity contribution in [2.75, 3.05) is 6.61 Å². The summed E-state index contributed by atoms with van der Waals surface area (Å²) in [4.78, 5) is 12.0. The Kier molecular flexibility index (Phi) is 43.5. The van der Waals surface area contributed by atoms with Gasteiger partial charge in [0, 0.05) is 6.42 Å². The van der Waals surface area contributed by atoms with Crippen LogP contribution in [0.2, 0.25) is 0 Å². The maximum Gasteiger partial charge on any atom is 0.305 e. The highest BCUT2D eigenvalue weighted by molar-refractivity contribution is 5.69. The molecule has 2 nitrogen and oxygen atoms in total. The molecule has 0 atom stereocenters. The lowest BCUT2D eigenvalue weighted by atomic mass is 10.0. The normalized spacial score (nSPS) is 11.6. The Hall–Kier alpha value is -0.790. The second kappa shape index (κ2) is 44.2. The van der Waals surface area contributed by atoms with Crippen LogP contribution in [-0.4, -0.2) is 12.6 Å². The van der Waals surface area contributed by atoms with Crippen LogP contribution in [0.3, 0.4) is 0 Å². The predicted octanol–water partition coefficient (Wildman–Crippen LogP) is 16.7. The van der Waals surface area contributed by atoms with Gasteiger partial charge >= 0.3 is 5.97 Å². The number of allylic oxidation sites excluding steroid dienone is 2. The summed E-state index contributed by atoms with van der Waals surface area (Å²) in [5.41, 5.74) is 0. The molecule has 0 aliphatic carbocycles. The van der Waals surface area contributed by atoms with E-state index in [4.69, 9.17) is 4.74 Å². The highest BCUT2D eigenvalue weighted by Gasteiger charge is 2.03. The van der Waals surface area contributed by atoms with Gasteiger partial charge in [-0.3, -0.25) is 4.79 Å². The minimum absolute atomic E-state index is 0.0241. The van der Waals surface area contributed by atoms with E-state index in [2.05, 4.69) is 26.0 Å². The van der Waals surface area contributed by atoms with Crippen LogP contribution in [0.25, 0.3) is 0 Å². The lowest BCUT2D eigenvalue weighted by Crippen LogP contribution is -2.05. The van der Waals surface area contributed by atoms with Gasteiger partial charge in [0.2, 0.25) is 0 Å². The van der Waals surface area contributed by atoms with E-state index >= 15 is 0 Å². The van der Waals surface area contributed by atoms with Crippen molar-refractivity contribution in [3.05, 3.63) is 12.2 Å². The van der Waals surface area contributed by atoms with Crippen molar-refractivity contribution in [3.63, 3.8) is 0 Å². The lowest BCUT2D eigenvalue weighted by molar-refractivity contribution is -0.143. The molecule has 2 heteroatoms. The Bertz CT molecular complexity index is 611. The van der Waals surface area contributed by atoms with Crippen LogP contribution >= 0.6 is 0 Å². The number of hydrogen-bond acceptors (Lipinski definition) is 2. The average molecular weight is 675 g/mol. The molecule has 0 aromatic rings. The van der Waals surface area contributed by atoms with E-state index in [0.29, 0.717) is 13.0 Å². The molecule has 0 saturated heterocycles. The second-order valence-electron chi connectivity index (χ2n) is 15.4. The van der Waals surface area contributed by atoms with E-state index in [-0.39, 0.29) is 5.97 Å². The highest BCUT2D eigenvalue weighted by atomic mass is 16.5. The van der Waals surface area contributed by atoms with Gasteiger partial charge < -0.3 is 4.74 Å². The molecule has 0 aliphatic rings. The van der Waals surface area contributed by atoms with Crippen molar-refractivity contribution in [1.29, 1.82) is 0 Å². The van der Waals surface area contributed by atoms with Crippen molar-refractivity contribution >= 4 is 5.97 Å². The quantitative estimate of drug-likeness (QED) is 0.0366. The second-order valence-corrected chi connectivity index (χ2v) is 15.4. The average Bonchev–Trinajstić information content (AvgIpc) is 3.09. The third-order valence-corrected chi connectivity index (χ3v) is 10.4. The van der Waals surface area contributed by atoms with Crippen LogP contribution < -0.4 is 0 Å². The SMILES string of the molecule is CCCCCC/C=C/CCCCCCCCCC(=O)OCCCCCCCCCCCCCCCCCCCCCCCCCCCC. The molecule has 0 spiro atoms. The zero-order chi connectivity index (χ0) is 34.7. The van der Waals surface area contributed by atoms with Gasteiger partial charge in [-0.2, -0.15) is 0 Å². The highest BCUT2D eigenvalue weighted by Crippen LogP contribution is 2.16. The molecule has 0 unspecified atom stereocenters. The summed E-state index contributed by atoms with van der Waals surface area (Å²) < 4.78 is 5.47. The van der Waals surface area contributed by atoms with E-state index in [1.165, 1.54) is 238 Å². The Labute approximate surface area is 304 Å². The Morgan fingerprint density at radius 2 is 0.583 bits per heavy atom. The molecular weight excluding hydrogens is 585 g/mol. The standard InChI is InChI=1S/C46H90O2/c1-3-5-7-9-11-13-15-17-19-20-21-22-23-24-25-26-27-28-29-31-33-35-37-39-41-43-45-48-46(47)44-42-40-38-36-34-32-30-18-16-14-12-10-8-6-4-2/h14,16H,3-13,15,17-45H2,1-2H3/b16-14+. The number of carbonyl (C=O) groups is 1. The van der Waals surface area contributed by atoms with Crippen molar-refractivity contribution in [1.82, 2.24) is 0 Å². The number of hydrogen-bond donors (Lipinski definition) is 0. The summed E-state index contributed by atoms with van der Waals surface area (Å²) in [6, 6.07) is 0. The van der Waals surface area contributed by atoms with Gasteiger partial charge in [0.25, 0.3) is 0 Å². The molecule has 286 valence electrons. The number of carbonyl (C=O) groups excluding carboxylic acids is 1. The summed E-state index contributed by atoms with van der Waals surface area (Å²) in [5, 5.41) is 0. The fourth-order valence-corrected chi connectivity index (χ4v) is 7.02. The van der Waals surface area contributed by atoms with E-state index in [1.807, 2.05) is 0 Å². The zero-order valence-electron chi connectivity index (χ0n) is 33.5. The molecule has 0 bridgehead atoms. The molecule has 0 aromatic heterocycles. The van der Waals surface area contributed by atoms with Gasteiger partial charge in [-0.05, 0) is 38.5 Å². The molecule has 48 heavy (non-hydrogen) atoms. The van der Waals surface area contributed by atoms with Crippen LogP contribution in [0, 0.1) is 0 Å². The van der Waals surface area contributed by atoms with Gasteiger partial charge in [-0.25, -0.2) is 0 Å². The van der Waals surface area contributed by atoms with E-state index < -0.39 is 0 Å². The summed E-state index contributed by atoms with van der Waals surface area (Å²) in [5.74, 6) is 0.0241. The van der Waals surface area contributed by atoms with Gasteiger partial charge in [0.05, 0.1) is 6.61 Å². The first-order valence-corrected chi connectivity index (χ1v) is 22.6. The van der Waals surface area contributed by atoms with Crippen molar-refractivity contribution < 1.29 is 9.53 Å². The Morgan fingerprint density at radius 3 is 0.917 bits per heavy atom. The van der Waals surface area contributed by atoms with Crippen LogP contribution in [0.15, 0.2) is 12.2 Å². The summed E-state index contributed by atoms with van der Waals surface area (Å²) in [6.45, 7) is 5.21. The molecule has 0 aliphatic heterocycles. The molecule has 0 amide bonds. The van der Waals surface area contributed by atoms with Gasteiger partial charge in [0.1, 0.15) is 0 Å².